The third kappa shape index (κ3) is 4.20. The zero-order valence-electron chi connectivity index (χ0n) is 11.8. The van der Waals surface area contributed by atoms with Crippen LogP contribution in [0.4, 0.5) is 0 Å². The van der Waals surface area contributed by atoms with Crippen molar-refractivity contribution in [1.29, 1.82) is 0 Å². The zero-order chi connectivity index (χ0) is 11.7. The van der Waals surface area contributed by atoms with E-state index < -0.39 is 0 Å². The van der Waals surface area contributed by atoms with Gasteiger partial charge in [-0.2, -0.15) is 12.8 Å². The molecule has 0 amide bonds. The molecule has 1 fully saturated rings. The van der Waals surface area contributed by atoms with E-state index in [9.17, 15) is 0 Å². The molecule has 2 unspecified atom stereocenters. The van der Waals surface area contributed by atoms with Gasteiger partial charge in [-0.25, -0.2) is 12.8 Å². The molecule has 0 aromatic heterocycles. The van der Waals surface area contributed by atoms with Gasteiger partial charge in [0, 0.05) is 42.5 Å². The van der Waals surface area contributed by atoms with E-state index in [1.807, 2.05) is 0 Å². The average molecular weight is 345 g/mol. The molecular weight excluding hydrogens is 316 g/mol. The van der Waals surface area contributed by atoms with Gasteiger partial charge in [-0.15, -0.1) is 0 Å². The van der Waals surface area contributed by atoms with E-state index in [4.69, 9.17) is 0 Å². The maximum Gasteiger partial charge on any atom is 0 e. The third-order valence-electron chi connectivity index (χ3n) is 4.70. The molecule has 0 nitrogen and oxygen atoms in total. The number of rotatable bonds is 2. The summed E-state index contributed by atoms with van der Waals surface area (Å²) in [5.41, 5.74) is 3.28. The van der Waals surface area contributed by atoms with Gasteiger partial charge < -0.3 is 12.8 Å². The molecule has 0 bridgehead atoms. The molecule has 1 aromatic rings. The van der Waals surface area contributed by atoms with Crippen LogP contribution >= 0.6 is 0 Å². The van der Waals surface area contributed by atoms with Crippen molar-refractivity contribution < 1.29 is 34.1 Å². The molecule has 1 saturated carbocycles. The van der Waals surface area contributed by atoms with Crippen molar-refractivity contribution in [3.05, 3.63) is 48.2 Å². The summed E-state index contributed by atoms with van der Waals surface area (Å²) in [7, 11) is 0. The van der Waals surface area contributed by atoms with E-state index >= 15 is 0 Å². The molecule has 2 atom stereocenters. The van der Waals surface area contributed by atoms with E-state index in [0.717, 1.165) is 18.3 Å². The number of aryl methyl sites for hydroxylation is 1. The van der Waals surface area contributed by atoms with Crippen LogP contribution in [0, 0.1) is 18.8 Å². The molecule has 0 heterocycles. The van der Waals surface area contributed by atoms with Crippen molar-refractivity contribution in [3.8, 4) is 0 Å². The Labute approximate surface area is 154 Å². The average Bonchev–Trinajstić information content (AvgIpc) is 2.39. The summed E-state index contributed by atoms with van der Waals surface area (Å²) < 4.78 is 0. The van der Waals surface area contributed by atoms with E-state index in [1.54, 1.807) is 17.0 Å². The normalized spacial score (nSPS) is 24.2. The van der Waals surface area contributed by atoms with Gasteiger partial charge in [0.25, 0.3) is 0 Å². The Morgan fingerprint density at radius 1 is 1.25 bits per heavy atom. The van der Waals surface area contributed by atoms with Crippen LogP contribution in [0.2, 0.25) is 0 Å². The number of hydrogen-bond acceptors (Lipinski definition) is 0. The van der Waals surface area contributed by atoms with Gasteiger partial charge in [-0.3, -0.25) is 0 Å². The van der Waals surface area contributed by atoms with E-state index in [2.05, 4.69) is 31.2 Å². The Kier molecular flexibility index (Phi) is 9.60. The van der Waals surface area contributed by atoms with Crippen molar-refractivity contribution in [1.82, 2.24) is 0 Å². The summed E-state index contributed by atoms with van der Waals surface area (Å²) in [5, 5.41) is 0. The van der Waals surface area contributed by atoms with Crippen LogP contribution in [-0.4, -0.2) is 8.41 Å². The van der Waals surface area contributed by atoms with Crippen molar-refractivity contribution in [2.24, 2.45) is 5.92 Å². The largest absolute Gasteiger partial charge is 0.346 e. The standard InChI is InChI=1S/C17H22.CH4.B.Y.H2/c1-2-5-13-8-11-17-15(12-13)10-9-14-6-3-4-7-16(14)17;;;;/h3-4,6-7,15,17H,1-2,5,8-12H2;1H4;;;1H/q-2;;;;/i;;;;1+1. The SMILES string of the molecule is C.[2HH].[B].[CH2-]CC[C-]1CCC2c3ccccc3CCC2C1.[Y]. The van der Waals surface area contributed by atoms with Crippen molar-refractivity contribution >= 4 is 8.41 Å². The van der Waals surface area contributed by atoms with E-state index in [-0.39, 0.29) is 50.0 Å². The fourth-order valence-corrected chi connectivity index (χ4v) is 3.86. The van der Waals surface area contributed by atoms with Gasteiger partial charge >= 0.3 is 0 Å². The summed E-state index contributed by atoms with van der Waals surface area (Å²) in [5.74, 6) is 3.58. The first-order valence-corrected chi connectivity index (χ1v) is 7.09. The quantitative estimate of drug-likeness (QED) is 0.510. The Bertz CT molecular complexity index is 397. The Balaban J connectivity index is 0. The molecule has 0 N–H and O–H groups in total. The van der Waals surface area contributed by atoms with Crippen LogP contribution in [0.1, 0.15) is 64.4 Å². The van der Waals surface area contributed by atoms with Crippen LogP contribution in [-0.2, 0) is 39.1 Å². The maximum absolute atomic E-state index is 4.00. The number of fused-ring (bicyclic) bond motifs is 3. The Morgan fingerprint density at radius 3 is 2.75 bits per heavy atom. The van der Waals surface area contributed by atoms with E-state index in [0.29, 0.717) is 0 Å². The third-order valence-corrected chi connectivity index (χ3v) is 4.70. The summed E-state index contributed by atoms with van der Waals surface area (Å²) in [4.78, 5) is 0. The van der Waals surface area contributed by atoms with Gasteiger partial charge in [0.2, 0.25) is 0 Å². The molecule has 0 spiro atoms. The van der Waals surface area contributed by atoms with Crippen LogP contribution in [0.15, 0.2) is 24.3 Å². The first-order chi connectivity index (χ1) is 8.38. The molecular formula is C18H28BY-2. The summed E-state index contributed by atoms with van der Waals surface area (Å²) in [6.45, 7) is 4.00. The predicted octanol–water partition coefficient (Wildman–Crippen LogP) is 5.20. The molecule has 0 saturated heterocycles. The molecule has 0 aliphatic heterocycles. The topological polar surface area (TPSA) is 0 Å². The summed E-state index contributed by atoms with van der Waals surface area (Å²) in [6.07, 6.45) is 9.18. The van der Waals surface area contributed by atoms with Crippen molar-refractivity contribution in [2.45, 2.75) is 58.3 Å². The van der Waals surface area contributed by atoms with Gasteiger partial charge in [0.15, 0.2) is 0 Å². The fourth-order valence-electron chi connectivity index (χ4n) is 3.86. The second-order valence-corrected chi connectivity index (χ2v) is 5.70. The number of hydrogen-bond donors (Lipinski definition) is 0. The molecule has 2 heteroatoms. The molecule has 20 heavy (non-hydrogen) atoms. The molecule has 2 aliphatic rings. The second-order valence-electron chi connectivity index (χ2n) is 5.70. The predicted molar refractivity (Wildman–Crippen MR) is 87.3 cm³/mol. The van der Waals surface area contributed by atoms with Crippen molar-refractivity contribution in [3.63, 3.8) is 0 Å². The second kappa shape index (κ2) is 9.41. The minimum absolute atomic E-state index is 0. The number of benzene rings is 1. The zero-order valence-corrected chi connectivity index (χ0v) is 14.6. The minimum Gasteiger partial charge on any atom is -0.346 e. The molecule has 1 aromatic carbocycles. The summed E-state index contributed by atoms with van der Waals surface area (Å²) >= 11 is 0. The molecule has 2 aliphatic carbocycles. The first kappa shape index (κ1) is 20.4. The molecule has 108 valence electrons. The molecule has 3 rings (SSSR count). The summed E-state index contributed by atoms with van der Waals surface area (Å²) in [6, 6.07) is 9.12. The van der Waals surface area contributed by atoms with Crippen molar-refractivity contribution in [2.75, 3.05) is 0 Å². The van der Waals surface area contributed by atoms with Gasteiger partial charge in [0.1, 0.15) is 0 Å². The van der Waals surface area contributed by atoms with Gasteiger partial charge in [0.05, 0.1) is 0 Å². The van der Waals surface area contributed by atoms with Crippen LogP contribution in [0.3, 0.4) is 0 Å². The van der Waals surface area contributed by atoms with E-state index in [1.165, 1.54) is 38.5 Å². The Morgan fingerprint density at radius 2 is 2.00 bits per heavy atom. The smallest absolute Gasteiger partial charge is 0 e. The van der Waals surface area contributed by atoms with Gasteiger partial charge in [-0.05, 0) is 29.9 Å². The van der Waals surface area contributed by atoms with Crippen LogP contribution < -0.4 is 0 Å². The van der Waals surface area contributed by atoms with Crippen LogP contribution in [0.25, 0.3) is 0 Å². The molecule has 4 radical (unpaired) electrons. The van der Waals surface area contributed by atoms with Crippen LogP contribution in [0.5, 0.6) is 0 Å². The Hall–Kier alpha value is 0.389. The van der Waals surface area contributed by atoms with Gasteiger partial charge in [-0.1, -0.05) is 44.0 Å². The minimum atomic E-state index is 0. The first-order valence-electron chi connectivity index (χ1n) is 7.09. The monoisotopic (exact) mass is 345 g/mol. The fraction of sp³-hybridized carbons (Fsp3) is 0.556. The maximum atomic E-state index is 4.00.